The maximum Gasteiger partial charge on any atom is 0.338 e. The summed E-state index contributed by atoms with van der Waals surface area (Å²) in [5.74, 6) is -1.52. The fourth-order valence-corrected chi connectivity index (χ4v) is 3.49. The monoisotopic (exact) mass is 454 g/mol. The van der Waals surface area contributed by atoms with E-state index in [2.05, 4.69) is 6.92 Å². The molecule has 0 N–H and O–H groups in total. The quantitative estimate of drug-likeness (QED) is 0.368. The lowest BCUT2D eigenvalue weighted by Crippen LogP contribution is -2.51. The summed E-state index contributed by atoms with van der Waals surface area (Å²) in [7, 11) is 0. The third kappa shape index (κ3) is 7.51. The molecular formula is C26H30O7. The van der Waals surface area contributed by atoms with Crippen molar-refractivity contribution >= 4 is 17.7 Å². The van der Waals surface area contributed by atoms with E-state index in [9.17, 15) is 14.4 Å². The van der Waals surface area contributed by atoms with Crippen LogP contribution in [0.3, 0.4) is 0 Å². The number of ether oxygens (including phenoxy) is 4. The highest BCUT2D eigenvalue weighted by atomic mass is 16.7. The Balaban J connectivity index is 1.64. The predicted molar refractivity (Wildman–Crippen MR) is 121 cm³/mol. The van der Waals surface area contributed by atoms with Crippen LogP contribution in [-0.2, 0) is 23.7 Å². The fraction of sp³-hybridized carbons (Fsp3) is 0.423. The van der Waals surface area contributed by atoms with Gasteiger partial charge in [0.15, 0.2) is 18.2 Å². The van der Waals surface area contributed by atoms with Crippen molar-refractivity contribution in [1.29, 1.82) is 0 Å². The van der Waals surface area contributed by atoms with Gasteiger partial charge in [0, 0.05) is 6.61 Å². The van der Waals surface area contributed by atoms with Gasteiger partial charge in [-0.1, -0.05) is 62.6 Å². The molecule has 0 radical (unpaired) electrons. The molecule has 2 aromatic rings. The van der Waals surface area contributed by atoms with Gasteiger partial charge in [-0.15, -0.1) is 0 Å². The van der Waals surface area contributed by atoms with Gasteiger partial charge < -0.3 is 18.9 Å². The first-order chi connectivity index (χ1) is 16.1. The summed E-state index contributed by atoms with van der Waals surface area (Å²) in [5, 5.41) is 0. The Kier molecular flexibility index (Phi) is 9.59. The van der Waals surface area contributed by atoms with Crippen LogP contribution in [0, 0.1) is 0 Å². The van der Waals surface area contributed by atoms with Crippen LogP contribution < -0.4 is 0 Å². The molecule has 0 spiro atoms. The number of Topliss-reactive ketones (excluding diaryl/α,β-unsaturated/α-hetero) is 1. The first-order valence-electron chi connectivity index (χ1n) is 11.4. The maximum absolute atomic E-state index is 12.9. The minimum Gasteiger partial charge on any atom is -0.459 e. The minimum atomic E-state index is -1.19. The van der Waals surface area contributed by atoms with Crippen molar-refractivity contribution in [3.05, 3.63) is 71.8 Å². The van der Waals surface area contributed by atoms with Crippen molar-refractivity contribution in [1.82, 2.24) is 0 Å². The summed E-state index contributed by atoms with van der Waals surface area (Å²) in [4.78, 5) is 37.8. The smallest absolute Gasteiger partial charge is 0.338 e. The van der Waals surface area contributed by atoms with Crippen LogP contribution in [-0.4, -0.2) is 49.4 Å². The van der Waals surface area contributed by atoms with Crippen LogP contribution in [0.25, 0.3) is 0 Å². The van der Waals surface area contributed by atoms with Crippen LogP contribution in [0.5, 0.6) is 0 Å². The topological polar surface area (TPSA) is 88.1 Å². The van der Waals surface area contributed by atoms with Crippen LogP contribution >= 0.6 is 0 Å². The summed E-state index contributed by atoms with van der Waals surface area (Å²) in [6.45, 7) is 2.34. The molecule has 1 heterocycles. The van der Waals surface area contributed by atoms with Crippen molar-refractivity contribution in [2.45, 2.75) is 57.5 Å². The lowest BCUT2D eigenvalue weighted by atomic mass is 10.0. The van der Waals surface area contributed by atoms with Gasteiger partial charge in [-0.05, 0) is 30.7 Å². The third-order valence-electron chi connectivity index (χ3n) is 5.28. The summed E-state index contributed by atoms with van der Waals surface area (Å²) in [6, 6.07) is 16.9. The van der Waals surface area contributed by atoms with Gasteiger partial charge in [0.1, 0.15) is 12.7 Å². The molecule has 0 bridgehead atoms. The van der Waals surface area contributed by atoms with Crippen molar-refractivity contribution in [3.63, 3.8) is 0 Å². The number of ketones is 1. The molecule has 1 saturated heterocycles. The van der Waals surface area contributed by atoms with E-state index in [-0.39, 0.29) is 18.8 Å². The lowest BCUT2D eigenvalue weighted by Gasteiger charge is -2.34. The number of carbonyl (C=O) groups excluding carboxylic acids is 3. The second-order valence-corrected chi connectivity index (χ2v) is 7.86. The van der Waals surface area contributed by atoms with Crippen LogP contribution in [0.4, 0.5) is 0 Å². The molecule has 3 rings (SSSR count). The summed E-state index contributed by atoms with van der Waals surface area (Å²) >= 11 is 0. The molecule has 0 aromatic heterocycles. The average molecular weight is 455 g/mol. The Morgan fingerprint density at radius 3 is 2.18 bits per heavy atom. The van der Waals surface area contributed by atoms with Gasteiger partial charge in [-0.25, -0.2) is 9.59 Å². The number of benzene rings is 2. The molecule has 1 fully saturated rings. The minimum absolute atomic E-state index is 0.0380. The van der Waals surface area contributed by atoms with Gasteiger partial charge in [0.25, 0.3) is 0 Å². The van der Waals surface area contributed by atoms with Gasteiger partial charge in [-0.3, -0.25) is 4.79 Å². The molecule has 3 atom stereocenters. The second kappa shape index (κ2) is 12.9. The Morgan fingerprint density at radius 2 is 1.55 bits per heavy atom. The first-order valence-corrected chi connectivity index (χ1v) is 11.4. The number of unbranched alkanes of at least 4 members (excludes halogenated alkanes) is 3. The number of carbonyl (C=O) groups is 3. The molecule has 0 unspecified atom stereocenters. The standard InChI is InChI=1S/C26H30O7/c1-2-3-4-11-16-30-23-17-21(27)24(33-26(29)20-14-9-6-10-15-20)22(32-23)18-31-25(28)19-12-7-5-8-13-19/h5-10,12-15,22-24H,2-4,11,16-18H2,1H3/t22-,23+,24+/m1/s1. The summed E-state index contributed by atoms with van der Waals surface area (Å²) in [6.07, 6.45) is 1.16. The average Bonchev–Trinajstić information content (AvgIpc) is 2.85. The van der Waals surface area contributed by atoms with Crippen molar-refractivity contribution in [2.24, 2.45) is 0 Å². The molecule has 7 nitrogen and oxygen atoms in total. The van der Waals surface area contributed by atoms with Crippen LogP contribution in [0.2, 0.25) is 0 Å². The molecule has 0 saturated carbocycles. The summed E-state index contributed by atoms with van der Waals surface area (Å²) in [5.41, 5.74) is 0.695. The first kappa shape index (κ1) is 24.6. The zero-order chi connectivity index (χ0) is 23.5. The molecule has 1 aliphatic rings. The number of hydrogen-bond acceptors (Lipinski definition) is 7. The lowest BCUT2D eigenvalue weighted by molar-refractivity contribution is -0.223. The molecule has 176 valence electrons. The largest absolute Gasteiger partial charge is 0.459 e. The van der Waals surface area contributed by atoms with Crippen molar-refractivity contribution < 1.29 is 33.3 Å². The van der Waals surface area contributed by atoms with Gasteiger partial charge in [0.05, 0.1) is 17.5 Å². The van der Waals surface area contributed by atoms with E-state index < -0.39 is 30.4 Å². The van der Waals surface area contributed by atoms with Gasteiger partial charge in [-0.2, -0.15) is 0 Å². The molecule has 33 heavy (non-hydrogen) atoms. The van der Waals surface area contributed by atoms with E-state index in [1.54, 1.807) is 60.7 Å². The molecule has 7 heteroatoms. The zero-order valence-corrected chi connectivity index (χ0v) is 18.8. The third-order valence-corrected chi connectivity index (χ3v) is 5.28. The maximum atomic E-state index is 12.9. The highest BCUT2D eigenvalue weighted by Crippen LogP contribution is 2.23. The molecular weight excluding hydrogens is 424 g/mol. The highest BCUT2D eigenvalue weighted by molar-refractivity contribution is 5.93. The van der Waals surface area contributed by atoms with Gasteiger partial charge in [0.2, 0.25) is 0 Å². The number of esters is 2. The normalized spacial score (nSPS) is 20.3. The second-order valence-electron chi connectivity index (χ2n) is 7.86. The highest BCUT2D eigenvalue weighted by Gasteiger charge is 2.41. The Hall–Kier alpha value is -3.03. The van der Waals surface area contributed by atoms with E-state index in [0.29, 0.717) is 17.7 Å². The summed E-state index contributed by atoms with van der Waals surface area (Å²) < 4.78 is 22.5. The van der Waals surface area contributed by atoms with Crippen molar-refractivity contribution in [3.8, 4) is 0 Å². The van der Waals surface area contributed by atoms with E-state index in [1.165, 1.54) is 0 Å². The van der Waals surface area contributed by atoms with Gasteiger partial charge >= 0.3 is 11.9 Å². The molecule has 0 aliphatic carbocycles. The van der Waals surface area contributed by atoms with E-state index in [0.717, 1.165) is 25.7 Å². The molecule has 1 aliphatic heterocycles. The number of hydrogen-bond donors (Lipinski definition) is 0. The van der Waals surface area contributed by atoms with E-state index >= 15 is 0 Å². The Labute approximate surface area is 194 Å². The predicted octanol–water partition coefficient (Wildman–Crippen LogP) is 4.35. The SMILES string of the molecule is CCCCCCO[C@@H]1CC(=O)[C@H](OC(=O)c2ccccc2)[C@@H](COC(=O)c2ccccc2)O1. The van der Waals surface area contributed by atoms with E-state index in [1.807, 2.05) is 0 Å². The van der Waals surface area contributed by atoms with Crippen LogP contribution in [0.15, 0.2) is 60.7 Å². The van der Waals surface area contributed by atoms with Crippen LogP contribution in [0.1, 0.15) is 59.7 Å². The number of rotatable bonds is 11. The van der Waals surface area contributed by atoms with E-state index in [4.69, 9.17) is 18.9 Å². The molecule has 0 amide bonds. The zero-order valence-electron chi connectivity index (χ0n) is 18.8. The fourth-order valence-electron chi connectivity index (χ4n) is 3.49. The Morgan fingerprint density at radius 1 is 0.909 bits per heavy atom. The van der Waals surface area contributed by atoms with Crippen molar-refractivity contribution in [2.75, 3.05) is 13.2 Å². The molecule has 2 aromatic carbocycles. The Bertz CT molecular complexity index is 897.